The van der Waals surface area contributed by atoms with E-state index in [1.165, 1.54) is 11.3 Å². The number of carbonyl (C=O) groups is 2. The molecule has 45 heavy (non-hydrogen) atoms. The number of carboxylic acid groups (broad SMARTS) is 1. The van der Waals surface area contributed by atoms with Crippen molar-refractivity contribution in [2.45, 2.75) is 63.3 Å². The van der Waals surface area contributed by atoms with Crippen LogP contribution < -0.4 is 11.2 Å². The van der Waals surface area contributed by atoms with Gasteiger partial charge in [0.25, 0.3) is 5.91 Å². The van der Waals surface area contributed by atoms with Crippen molar-refractivity contribution in [3.05, 3.63) is 75.1 Å². The Labute approximate surface area is 266 Å². The van der Waals surface area contributed by atoms with Gasteiger partial charge in [-0.05, 0) is 85.7 Å². The molecule has 10 nitrogen and oxygen atoms in total. The fourth-order valence-electron chi connectivity index (χ4n) is 7.16. The number of hydrogen-bond donors (Lipinski definition) is 4. The minimum atomic E-state index is -0.925. The smallest absolute Gasteiger partial charge is 0.346 e. The Morgan fingerprint density at radius 1 is 1.11 bits per heavy atom. The Morgan fingerprint density at radius 3 is 2.56 bits per heavy atom. The zero-order chi connectivity index (χ0) is 31.0. The molecular formula is C33H30ClN7O3S. The number of nitrogens with one attached hydrogen (secondary N) is 2. The molecule has 0 atom stereocenters. The van der Waals surface area contributed by atoms with Crippen molar-refractivity contribution in [1.82, 2.24) is 29.9 Å². The normalized spacial score (nSPS) is 16.5. The van der Waals surface area contributed by atoms with Crippen molar-refractivity contribution in [3.8, 4) is 11.5 Å². The van der Waals surface area contributed by atoms with Crippen molar-refractivity contribution in [2.24, 2.45) is 0 Å². The highest BCUT2D eigenvalue weighted by molar-refractivity contribution is 7.21. The third-order valence-corrected chi connectivity index (χ3v) is 11.1. The lowest BCUT2D eigenvalue weighted by atomic mass is 9.76. The van der Waals surface area contributed by atoms with Crippen molar-refractivity contribution < 1.29 is 14.7 Å². The molecule has 4 heterocycles. The highest BCUT2D eigenvalue weighted by atomic mass is 35.5. The summed E-state index contributed by atoms with van der Waals surface area (Å²) in [4.78, 5) is 43.1. The van der Waals surface area contributed by atoms with Gasteiger partial charge in [-0.25, -0.2) is 19.7 Å². The fourth-order valence-corrected chi connectivity index (χ4v) is 8.32. The van der Waals surface area contributed by atoms with Crippen LogP contribution in [0.3, 0.4) is 0 Å². The number of H-pyrrole nitrogens is 1. The second kappa shape index (κ2) is 10.3. The summed E-state index contributed by atoms with van der Waals surface area (Å²) in [5, 5.41) is 15.2. The molecule has 2 fully saturated rings. The predicted molar refractivity (Wildman–Crippen MR) is 176 cm³/mol. The average molecular weight is 640 g/mol. The molecule has 5 N–H and O–H groups in total. The topological polar surface area (TPSA) is 152 Å². The molecule has 228 valence electrons. The summed E-state index contributed by atoms with van der Waals surface area (Å²) in [5.41, 5.74) is 4.83. The van der Waals surface area contributed by atoms with E-state index in [-0.39, 0.29) is 5.91 Å². The second-order valence-corrected chi connectivity index (χ2v) is 13.8. The summed E-state index contributed by atoms with van der Waals surface area (Å²) >= 11 is 7.34. The lowest BCUT2D eigenvalue weighted by Crippen LogP contribution is -2.51. The Morgan fingerprint density at radius 2 is 1.87 bits per heavy atom. The molecule has 2 aliphatic rings. The summed E-state index contributed by atoms with van der Waals surface area (Å²) in [7, 11) is 0. The van der Waals surface area contributed by atoms with Gasteiger partial charge in [-0.15, -0.1) is 11.3 Å². The number of rotatable bonds is 6. The van der Waals surface area contributed by atoms with Crippen LogP contribution in [0.1, 0.15) is 87.8 Å². The monoisotopic (exact) mass is 639 g/mol. The van der Waals surface area contributed by atoms with Crippen LogP contribution >= 0.6 is 22.9 Å². The van der Waals surface area contributed by atoms with Gasteiger partial charge in [-0.3, -0.25) is 9.47 Å². The van der Waals surface area contributed by atoms with Crippen LogP contribution in [-0.2, 0) is 5.54 Å². The van der Waals surface area contributed by atoms with E-state index in [1.807, 2.05) is 37.3 Å². The number of benzene rings is 2. The van der Waals surface area contributed by atoms with E-state index in [1.54, 1.807) is 17.1 Å². The summed E-state index contributed by atoms with van der Waals surface area (Å²) in [6.45, 7) is 1.83. The van der Waals surface area contributed by atoms with Gasteiger partial charge in [-0.2, -0.15) is 0 Å². The van der Waals surface area contributed by atoms with Gasteiger partial charge >= 0.3 is 5.97 Å². The van der Waals surface area contributed by atoms with Crippen LogP contribution in [-0.4, -0.2) is 41.6 Å². The number of nitrogens with zero attached hydrogens (tertiary/aromatic N) is 4. The summed E-state index contributed by atoms with van der Waals surface area (Å²) in [6, 6.07) is 9.60. The molecule has 2 aliphatic carbocycles. The van der Waals surface area contributed by atoms with Gasteiger partial charge in [0.15, 0.2) is 5.82 Å². The predicted octanol–water partition coefficient (Wildman–Crippen LogP) is 7.03. The Hall–Kier alpha value is -4.48. The number of aromatic amines is 1. The van der Waals surface area contributed by atoms with E-state index in [9.17, 15) is 14.7 Å². The number of hydrogen-bond acceptors (Lipinski definition) is 7. The first kappa shape index (κ1) is 28.0. The van der Waals surface area contributed by atoms with E-state index in [0.717, 1.165) is 93.8 Å². The van der Waals surface area contributed by atoms with E-state index in [0.29, 0.717) is 33.0 Å². The number of aromatic carboxylic acids is 1. The molecule has 0 spiro atoms. The van der Waals surface area contributed by atoms with E-state index in [2.05, 4.69) is 20.3 Å². The van der Waals surface area contributed by atoms with Crippen LogP contribution in [0.15, 0.2) is 42.7 Å². The molecule has 0 bridgehead atoms. The minimum Gasteiger partial charge on any atom is -0.477 e. The third-order valence-electron chi connectivity index (χ3n) is 9.65. The van der Waals surface area contributed by atoms with E-state index < -0.39 is 11.5 Å². The molecule has 0 unspecified atom stereocenters. The number of imidazole rings is 1. The quantitative estimate of drug-likeness (QED) is 0.143. The summed E-state index contributed by atoms with van der Waals surface area (Å²) in [5.74, 6) is 7.18. The number of thiophene rings is 1. The highest BCUT2D eigenvalue weighted by Crippen LogP contribution is 2.45. The first-order valence-electron chi connectivity index (χ1n) is 15.1. The molecule has 0 saturated heterocycles. The maximum Gasteiger partial charge on any atom is 0.346 e. The molecular weight excluding hydrogens is 610 g/mol. The maximum absolute atomic E-state index is 13.9. The van der Waals surface area contributed by atoms with Crippen LogP contribution in [0, 0.1) is 6.92 Å². The highest BCUT2D eigenvalue weighted by Gasteiger charge is 2.43. The number of aromatic nitrogens is 5. The minimum absolute atomic E-state index is 0.201. The van der Waals surface area contributed by atoms with Gasteiger partial charge in [0.2, 0.25) is 0 Å². The number of carbonyl (C=O) groups excluding carboxylic acids is 1. The molecule has 8 rings (SSSR count). The lowest BCUT2D eigenvalue weighted by molar-refractivity contribution is 0.0700. The van der Waals surface area contributed by atoms with Crippen LogP contribution in [0.4, 0.5) is 0 Å². The van der Waals surface area contributed by atoms with Gasteiger partial charge < -0.3 is 21.2 Å². The Bertz CT molecular complexity index is 2170. The van der Waals surface area contributed by atoms with Crippen LogP contribution in [0.25, 0.3) is 43.5 Å². The first-order valence-corrected chi connectivity index (χ1v) is 16.3. The zero-order valence-electron chi connectivity index (χ0n) is 24.5. The number of fused-ring (bicyclic) bond motifs is 3. The number of carboxylic acids is 1. The molecule has 12 heteroatoms. The van der Waals surface area contributed by atoms with Crippen LogP contribution in [0.5, 0.6) is 0 Å². The SMILES string of the molecule is Cc1c(C(=O)O)sc2cc3nc(C4(NC(=O)c5ccc6c(C7CCCC7)c(-c7ncc(Cl)cn7)n(N)c6c5)CCC4)[nH]c3cc12. The molecule has 2 aromatic carbocycles. The zero-order valence-corrected chi connectivity index (χ0v) is 26.1. The van der Waals surface area contributed by atoms with Crippen LogP contribution in [0.2, 0.25) is 5.02 Å². The standard InChI is InChI=1S/C33H30ClN7O3S/c1-16-21-12-22-23(13-25(21)45-28(16)31(43)44)39-32(38-22)33(9-4-10-33)40-30(42)18-7-8-20-24(11-18)41(35)27(26(20)17-5-2-3-6-17)29-36-14-19(34)15-37-29/h7-8,11-15,17H,2-6,9-10,35H2,1H3,(H,38,39)(H,40,42)(H,43,44). The number of nitrogens with two attached hydrogens (primary N) is 1. The fraction of sp³-hybridized carbons (Fsp3) is 0.303. The number of amides is 1. The van der Waals surface area contributed by atoms with Crippen molar-refractivity contribution in [1.29, 1.82) is 0 Å². The number of nitrogen functional groups attached to an aromatic ring is 1. The second-order valence-electron chi connectivity index (χ2n) is 12.3. The average Bonchev–Trinajstić information content (AvgIpc) is 3.80. The third kappa shape index (κ3) is 4.39. The molecule has 2 saturated carbocycles. The molecule has 1 amide bonds. The Kier molecular flexibility index (Phi) is 6.40. The van der Waals surface area contributed by atoms with Gasteiger partial charge in [0.05, 0.1) is 27.1 Å². The van der Waals surface area contributed by atoms with Gasteiger partial charge in [0, 0.05) is 28.0 Å². The molecule has 4 aromatic heterocycles. The summed E-state index contributed by atoms with van der Waals surface area (Å²) in [6.07, 6.45) is 10.1. The molecule has 0 radical (unpaired) electrons. The van der Waals surface area contributed by atoms with Gasteiger partial charge in [0.1, 0.15) is 16.4 Å². The first-order chi connectivity index (χ1) is 21.7. The largest absolute Gasteiger partial charge is 0.477 e. The summed E-state index contributed by atoms with van der Waals surface area (Å²) < 4.78 is 2.49. The Balaban J connectivity index is 1.15. The van der Waals surface area contributed by atoms with Crippen molar-refractivity contribution in [3.63, 3.8) is 0 Å². The maximum atomic E-state index is 13.9. The number of halogens is 1. The molecule has 0 aliphatic heterocycles. The molecule has 6 aromatic rings. The van der Waals surface area contributed by atoms with Gasteiger partial charge in [-0.1, -0.05) is 30.5 Å². The van der Waals surface area contributed by atoms with Crippen molar-refractivity contribution >= 4 is 66.8 Å². The van der Waals surface area contributed by atoms with E-state index in [4.69, 9.17) is 22.4 Å². The van der Waals surface area contributed by atoms with E-state index >= 15 is 0 Å². The lowest BCUT2D eigenvalue weighted by Gasteiger charge is -2.40. The van der Waals surface area contributed by atoms with Crippen molar-refractivity contribution in [2.75, 3.05) is 5.84 Å². The number of aryl methyl sites for hydroxylation is 1.